The lowest BCUT2D eigenvalue weighted by Gasteiger charge is -2.41. The minimum atomic E-state index is -0.979. The van der Waals surface area contributed by atoms with Gasteiger partial charge < -0.3 is 9.47 Å². The van der Waals surface area contributed by atoms with Crippen LogP contribution >= 0.6 is 0 Å². The molecule has 0 aromatic heterocycles. The Hall–Kier alpha value is -1.06. The van der Waals surface area contributed by atoms with Gasteiger partial charge in [0, 0.05) is 5.41 Å². The zero-order chi connectivity index (χ0) is 12.1. The van der Waals surface area contributed by atoms with Gasteiger partial charge in [-0.3, -0.25) is 9.59 Å². The molecule has 3 aliphatic rings. The molecule has 0 radical (unpaired) electrons. The minimum Gasteiger partial charge on any atom is -0.468 e. The average Bonchev–Trinajstić information content (AvgIpc) is 2.83. The molecule has 0 amide bonds. The Bertz CT molecular complexity index is 378. The number of methoxy groups -OCH3 is 1. The van der Waals surface area contributed by atoms with Crippen molar-refractivity contribution in [2.45, 2.75) is 38.5 Å². The molecule has 0 aromatic carbocycles. The molecule has 4 nitrogen and oxygen atoms in total. The molecule has 2 saturated carbocycles. The Kier molecular flexibility index (Phi) is 2.25. The summed E-state index contributed by atoms with van der Waals surface area (Å²) in [7, 11) is 1.37. The first-order chi connectivity index (χ1) is 8.17. The van der Waals surface area contributed by atoms with Crippen LogP contribution in [0.25, 0.3) is 0 Å². The van der Waals surface area contributed by atoms with Gasteiger partial charge in [-0.15, -0.1) is 0 Å². The SMILES string of the molecule is COC(=O)[C@]12CC[C@@H]3CCCC[C@@]31COC2=O. The van der Waals surface area contributed by atoms with E-state index in [1.165, 1.54) is 13.5 Å². The van der Waals surface area contributed by atoms with Crippen molar-refractivity contribution in [2.75, 3.05) is 13.7 Å². The average molecular weight is 238 g/mol. The summed E-state index contributed by atoms with van der Waals surface area (Å²) < 4.78 is 10.2. The highest BCUT2D eigenvalue weighted by Crippen LogP contribution is 2.66. The second kappa shape index (κ2) is 3.47. The van der Waals surface area contributed by atoms with Gasteiger partial charge in [0.05, 0.1) is 13.7 Å². The molecule has 0 aromatic rings. The van der Waals surface area contributed by atoms with Crippen molar-refractivity contribution >= 4 is 11.9 Å². The van der Waals surface area contributed by atoms with Crippen LogP contribution in [0.15, 0.2) is 0 Å². The van der Waals surface area contributed by atoms with Crippen LogP contribution in [0.5, 0.6) is 0 Å². The maximum absolute atomic E-state index is 12.2. The van der Waals surface area contributed by atoms with E-state index in [-0.39, 0.29) is 17.4 Å². The molecule has 3 rings (SSSR count). The maximum atomic E-state index is 12.2. The smallest absolute Gasteiger partial charge is 0.324 e. The zero-order valence-electron chi connectivity index (χ0n) is 10.2. The summed E-state index contributed by atoms with van der Waals surface area (Å²) >= 11 is 0. The number of hydrogen-bond acceptors (Lipinski definition) is 4. The van der Waals surface area contributed by atoms with E-state index in [2.05, 4.69) is 0 Å². The Morgan fingerprint density at radius 1 is 1.35 bits per heavy atom. The monoisotopic (exact) mass is 238 g/mol. The third-order valence-corrected chi connectivity index (χ3v) is 5.27. The third kappa shape index (κ3) is 1.09. The highest BCUT2D eigenvalue weighted by atomic mass is 16.6. The van der Waals surface area contributed by atoms with Crippen LogP contribution in [0.3, 0.4) is 0 Å². The molecular formula is C13H18O4. The Balaban J connectivity index is 2.09. The summed E-state index contributed by atoms with van der Waals surface area (Å²) in [6, 6.07) is 0. The van der Waals surface area contributed by atoms with Crippen molar-refractivity contribution in [3.8, 4) is 0 Å². The second-order valence-electron chi connectivity index (χ2n) is 5.61. The highest BCUT2D eigenvalue weighted by molar-refractivity contribution is 6.03. The summed E-state index contributed by atoms with van der Waals surface area (Å²) in [5, 5.41) is 0. The van der Waals surface area contributed by atoms with Crippen molar-refractivity contribution in [2.24, 2.45) is 16.7 Å². The lowest BCUT2D eigenvalue weighted by atomic mass is 9.58. The first-order valence-corrected chi connectivity index (χ1v) is 6.43. The largest absolute Gasteiger partial charge is 0.468 e. The van der Waals surface area contributed by atoms with Crippen LogP contribution < -0.4 is 0 Å². The number of ether oxygens (including phenoxy) is 2. The lowest BCUT2D eigenvalue weighted by molar-refractivity contribution is -0.167. The van der Waals surface area contributed by atoms with Crippen LogP contribution in [0.4, 0.5) is 0 Å². The van der Waals surface area contributed by atoms with Crippen LogP contribution in [0.2, 0.25) is 0 Å². The summed E-state index contributed by atoms with van der Waals surface area (Å²) in [4.78, 5) is 24.3. The number of carbonyl (C=O) groups is 2. The Morgan fingerprint density at radius 2 is 2.18 bits per heavy atom. The number of esters is 2. The number of carbonyl (C=O) groups excluding carboxylic acids is 2. The van der Waals surface area contributed by atoms with Gasteiger partial charge in [-0.05, 0) is 31.6 Å². The summed E-state index contributed by atoms with van der Waals surface area (Å²) in [6.07, 6.45) is 5.92. The standard InChI is InChI=1S/C13H18O4/c1-16-10(14)13-7-5-9-4-2-3-6-12(9,13)8-17-11(13)15/h9H,2-8H2,1H3/t9-,12+,13-/m0/s1. The maximum Gasteiger partial charge on any atom is 0.324 e. The molecule has 0 unspecified atom stereocenters. The molecule has 1 heterocycles. The van der Waals surface area contributed by atoms with Gasteiger partial charge in [0.2, 0.25) is 0 Å². The molecule has 0 N–H and O–H groups in total. The fraction of sp³-hybridized carbons (Fsp3) is 0.846. The van der Waals surface area contributed by atoms with Crippen molar-refractivity contribution in [1.29, 1.82) is 0 Å². The molecular weight excluding hydrogens is 220 g/mol. The molecule has 2 aliphatic carbocycles. The predicted molar refractivity (Wildman–Crippen MR) is 59.0 cm³/mol. The third-order valence-electron chi connectivity index (χ3n) is 5.27. The van der Waals surface area contributed by atoms with Crippen LogP contribution in [0.1, 0.15) is 38.5 Å². The molecule has 17 heavy (non-hydrogen) atoms. The lowest BCUT2D eigenvalue weighted by Crippen LogP contribution is -2.49. The molecule has 1 aliphatic heterocycles. The fourth-order valence-electron chi connectivity index (χ4n) is 4.43. The second-order valence-corrected chi connectivity index (χ2v) is 5.61. The van der Waals surface area contributed by atoms with E-state index in [1.54, 1.807) is 0 Å². The van der Waals surface area contributed by atoms with Crippen molar-refractivity contribution in [3.63, 3.8) is 0 Å². The van der Waals surface area contributed by atoms with Gasteiger partial charge in [-0.2, -0.15) is 0 Å². The molecule has 1 spiro atoms. The van der Waals surface area contributed by atoms with Gasteiger partial charge in [0.15, 0.2) is 5.41 Å². The quantitative estimate of drug-likeness (QED) is 0.515. The molecule has 3 fully saturated rings. The van der Waals surface area contributed by atoms with Crippen LogP contribution in [-0.4, -0.2) is 25.7 Å². The van der Waals surface area contributed by atoms with Gasteiger partial charge in [0.1, 0.15) is 0 Å². The zero-order valence-corrected chi connectivity index (χ0v) is 10.2. The molecule has 94 valence electrons. The van der Waals surface area contributed by atoms with E-state index in [9.17, 15) is 9.59 Å². The van der Waals surface area contributed by atoms with Crippen LogP contribution in [0, 0.1) is 16.7 Å². The molecule has 1 saturated heterocycles. The number of rotatable bonds is 1. The van der Waals surface area contributed by atoms with Gasteiger partial charge in [-0.1, -0.05) is 12.8 Å². The molecule has 4 heteroatoms. The van der Waals surface area contributed by atoms with Gasteiger partial charge >= 0.3 is 11.9 Å². The topological polar surface area (TPSA) is 52.6 Å². The normalized spacial score (nSPS) is 43.8. The van der Waals surface area contributed by atoms with Crippen molar-refractivity contribution in [3.05, 3.63) is 0 Å². The Labute approximate surface area is 101 Å². The highest BCUT2D eigenvalue weighted by Gasteiger charge is 2.73. The van der Waals surface area contributed by atoms with Crippen molar-refractivity contribution in [1.82, 2.24) is 0 Å². The molecule has 3 atom stereocenters. The molecule has 0 bridgehead atoms. The van der Waals surface area contributed by atoms with E-state index in [1.807, 2.05) is 0 Å². The van der Waals surface area contributed by atoms with E-state index in [4.69, 9.17) is 9.47 Å². The van der Waals surface area contributed by atoms with E-state index in [0.717, 1.165) is 25.7 Å². The number of hydrogen-bond donors (Lipinski definition) is 0. The van der Waals surface area contributed by atoms with Crippen molar-refractivity contribution < 1.29 is 19.1 Å². The minimum absolute atomic E-state index is 0.255. The summed E-state index contributed by atoms with van der Waals surface area (Å²) in [5.41, 5.74) is -1.23. The van der Waals surface area contributed by atoms with E-state index < -0.39 is 5.41 Å². The predicted octanol–water partition coefficient (Wildman–Crippen LogP) is 1.67. The summed E-state index contributed by atoms with van der Waals surface area (Å²) in [6.45, 7) is 0.422. The van der Waals surface area contributed by atoms with E-state index in [0.29, 0.717) is 18.9 Å². The summed E-state index contributed by atoms with van der Waals surface area (Å²) in [5.74, 6) is -0.250. The van der Waals surface area contributed by atoms with Crippen LogP contribution in [-0.2, 0) is 19.1 Å². The first-order valence-electron chi connectivity index (χ1n) is 6.43. The first kappa shape index (κ1) is 11.1. The van der Waals surface area contributed by atoms with E-state index >= 15 is 0 Å². The fourth-order valence-corrected chi connectivity index (χ4v) is 4.43. The Morgan fingerprint density at radius 3 is 2.94 bits per heavy atom. The number of cyclic esters (lactones) is 1. The van der Waals surface area contributed by atoms with Gasteiger partial charge in [0.25, 0.3) is 0 Å². The van der Waals surface area contributed by atoms with Gasteiger partial charge in [-0.25, -0.2) is 0 Å².